The van der Waals surface area contributed by atoms with Gasteiger partial charge < -0.3 is 14.5 Å². The Bertz CT molecular complexity index is 1560. The zero-order valence-corrected chi connectivity index (χ0v) is 18.0. The highest BCUT2D eigenvalue weighted by atomic mass is 19.1. The van der Waals surface area contributed by atoms with Crippen LogP contribution in [0.4, 0.5) is 4.39 Å². The van der Waals surface area contributed by atoms with Crippen molar-refractivity contribution < 1.29 is 9.18 Å². The molecule has 0 saturated heterocycles. The van der Waals surface area contributed by atoms with E-state index in [2.05, 4.69) is 15.0 Å². The van der Waals surface area contributed by atoms with Gasteiger partial charge in [0, 0.05) is 35.6 Å². The van der Waals surface area contributed by atoms with E-state index in [1.165, 1.54) is 36.4 Å². The number of aromatic nitrogens is 4. The van der Waals surface area contributed by atoms with E-state index in [9.17, 15) is 18.8 Å². The summed E-state index contributed by atoms with van der Waals surface area (Å²) in [6, 6.07) is 12.0. The molecule has 166 valence electrons. The SMILES string of the molecule is CC(C)n1ccnc1/C=c1\[nH]c(=O)/c(=C/c2cccc(C(=O)c3ccc(F)cc3)c2)[nH]c1=O. The lowest BCUT2D eigenvalue weighted by molar-refractivity contribution is 0.103. The van der Waals surface area contributed by atoms with Gasteiger partial charge in [-0.2, -0.15) is 0 Å². The van der Waals surface area contributed by atoms with Crippen LogP contribution in [0.5, 0.6) is 0 Å². The van der Waals surface area contributed by atoms with Crippen LogP contribution in [0.2, 0.25) is 0 Å². The number of halogens is 1. The molecule has 33 heavy (non-hydrogen) atoms. The van der Waals surface area contributed by atoms with Crippen LogP contribution >= 0.6 is 0 Å². The highest BCUT2D eigenvalue weighted by Gasteiger charge is 2.09. The molecule has 4 aromatic rings. The molecular weight excluding hydrogens is 423 g/mol. The monoisotopic (exact) mass is 444 g/mol. The Morgan fingerprint density at radius 2 is 1.64 bits per heavy atom. The van der Waals surface area contributed by atoms with E-state index in [0.29, 0.717) is 22.5 Å². The Balaban J connectivity index is 1.72. The Kier molecular flexibility index (Phi) is 5.99. The van der Waals surface area contributed by atoms with Crippen molar-refractivity contribution in [1.82, 2.24) is 19.5 Å². The number of H-pyrrole nitrogens is 2. The van der Waals surface area contributed by atoms with Gasteiger partial charge >= 0.3 is 0 Å². The number of carbonyl (C=O) groups excluding carboxylic acids is 1. The number of hydrogen-bond acceptors (Lipinski definition) is 4. The van der Waals surface area contributed by atoms with E-state index in [0.717, 1.165) is 0 Å². The first kappa shape index (κ1) is 21.9. The summed E-state index contributed by atoms with van der Waals surface area (Å²) in [4.78, 5) is 47.3. The molecule has 0 aliphatic heterocycles. The van der Waals surface area contributed by atoms with Crippen LogP contribution in [-0.2, 0) is 0 Å². The average molecular weight is 444 g/mol. The number of nitrogens with one attached hydrogen (secondary N) is 2. The zero-order chi connectivity index (χ0) is 23.5. The standard InChI is InChI=1S/C25H21FN4O3/c1-15(2)30-11-10-27-22(30)14-21-25(33)28-20(24(32)29-21)13-16-4-3-5-18(12-16)23(31)17-6-8-19(26)9-7-17/h3-15H,1-2H3,(H,28,33)(H,29,32)/b20-13-,21-14-. The van der Waals surface area contributed by atoms with E-state index in [1.54, 1.807) is 36.7 Å². The second-order valence-corrected chi connectivity index (χ2v) is 7.77. The second-order valence-electron chi connectivity index (χ2n) is 7.77. The summed E-state index contributed by atoms with van der Waals surface area (Å²) in [5.41, 5.74) is 0.312. The molecule has 0 fully saturated rings. The summed E-state index contributed by atoms with van der Waals surface area (Å²) in [5, 5.41) is 0.140. The third-order valence-electron chi connectivity index (χ3n) is 5.08. The lowest BCUT2D eigenvalue weighted by atomic mass is 10.0. The summed E-state index contributed by atoms with van der Waals surface area (Å²) >= 11 is 0. The summed E-state index contributed by atoms with van der Waals surface area (Å²) in [6.07, 6.45) is 6.43. The van der Waals surface area contributed by atoms with Crippen LogP contribution in [0.25, 0.3) is 12.2 Å². The Morgan fingerprint density at radius 3 is 2.30 bits per heavy atom. The van der Waals surface area contributed by atoms with E-state index >= 15 is 0 Å². The normalized spacial score (nSPS) is 12.5. The number of rotatable bonds is 5. The van der Waals surface area contributed by atoms with Gasteiger partial charge in [-0.3, -0.25) is 14.4 Å². The second kappa shape index (κ2) is 9.04. The molecule has 0 bridgehead atoms. The first-order valence-electron chi connectivity index (χ1n) is 10.3. The van der Waals surface area contributed by atoms with Gasteiger partial charge in [-0.25, -0.2) is 9.37 Å². The van der Waals surface area contributed by atoms with Crippen LogP contribution < -0.4 is 21.8 Å². The van der Waals surface area contributed by atoms with Crippen LogP contribution in [0.15, 0.2) is 70.5 Å². The Labute approximate surface area is 187 Å². The molecule has 0 radical (unpaired) electrons. The number of aromatic amines is 2. The molecule has 4 rings (SSSR count). The first-order valence-corrected chi connectivity index (χ1v) is 10.3. The van der Waals surface area contributed by atoms with E-state index < -0.39 is 16.9 Å². The average Bonchev–Trinajstić information content (AvgIpc) is 3.26. The summed E-state index contributed by atoms with van der Waals surface area (Å²) in [6.45, 7) is 3.97. The van der Waals surface area contributed by atoms with Crippen molar-refractivity contribution in [3.8, 4) is 0 Å². The van der Waals surface area contributed by atoms with Crippen molar-refractivity contribution in [2.45, 2.75) is 19.9 Å². The minimum atomic E-state index is -0.487. The van der Waals surface area contributed by atoms with Crippen molar-refractivity contribution in [1.29, 1.82) is 0 Å². The van der Waals surface area contributed by atoms with Gasteiger partial charge in [0.2, 0.25) is 0 Å². The van der Waals surface area contributed by atoms with Crippen molar-refractivity contribution in [2.24, 2.45) is 0 Å². The van der Waals surface area contributed by atoms with Gasteiger partial charge in [-0.15, -0.1) is 0 Å². The van der Waals surface area contributed by atoms with Gasteiger partial charge in [0.05, 0.1) is 0 Å². The lowest BCUT2D eigenvalue weighted by Crippen LogP contribution is -2.46. The fraction of sp³-hybridized carbons (Fsp3) is 0.120. The van der Waals surface area contributed by atoms with Gasteiger partial charge in [0.25, 0.3) is 11.1 Å². The van der Waals surface area contributed by atoms with Crippen LogP contribution in [0.3, 0.4) is 0 Å². The van der Waals surface area contributed by atoms with Crippen LogP contribution in [-0.4, -0.2) is 25.3 Å². The number of hydrogen-bond donors (Lipinski definition) is 2. The highest BCUT2D eigenvalue weighted by molar-refractivity contribution is 6.09. The van der Waals surface area contributed by atoms with Crippen LogP contribution in [0.1, 0.15) is 47.2 Å². The third-order valence-corrected chi connectivity index (χ3v) is 5.08. The van der Waals surface area contributed by atoms with E-state index in [-0.39, 0.29) is 22.5 Å². The smallest absolute Gasteiger partial charge is 0.272 e. The molecule has 2 heterocycles. The van der Waals surface area contributed by atoms with Crippen molar-refractivity contribution in [3.63, 3.8) is 0 Å². The van der Waals surface area contributed by atoms with Crippen LogP contribution in [0, 0.1) is 5.82 Å². The molecule has 2 aromatic heterocycles. The number of carbonyl (C=O) groups is 1. The van der Waals surface area contributed by atoms with Crippen molar-refractivity contribution >= 4 is 17.9 Å². The fourth-order valence-corrected chi connectivity index (χ4v) is 3.40. The largest absolute Gasteiger partial charge is 0.329 e. The van der Waals surface area contributed by atoms with E-state index in [4.69, 9.17) is 0 Å². The molecule has 0 atom stereocenters. The van der Waals surface area contributed by atoms with Gasteiger partial charge in [-0.1, -0.05) is 18.2 Å². The quantitative estimate of drug-likeness (QED) is 0.459. The van der Waals surface area contributed by atoms with Gasteiger partial charge in [-0.05, 0) is 55.8 Å². The number of nitrogens with zero attached hydrogens (tertiary/aromatic N) is 2. The van der Waals surface area contributed by atoms with Crippen molar-refractivity contribution in [3.05, 3.63) is 121 Å². The Morgan fingerprint density at radius 1 is 0.970 bits per heavy atom. The first-order chi connectivity index (χ1) is 15.8. The molecule has 8 heteroatoms. The molecule has 0 amide bonds. The lowest BCUT2D eigenvalue weighted by Gasteiger charge is -2.08. The number of benzene rings is 2. The minimum Gasteiger partial charge on any atom is -0.329 e. The third kappa shape index (κ3) is 4.79. The predicted molar refractivity (Wildman–Crippen MR) is 123 cm³/mol. The molecule has 2 aromatic carbocycles. The topological polar surface area (TPSA) is 101 Å². The molecule has 7 nitrogen and oxygen atoms in total. The molecule has 0 saturated carbocycles. The molecule has 0 aliphatic rings. The number of ketones is 1. The maximum Gasteiger partial charge on any atom is 0.272 e. The zero-order valence-electron chi connectivity index (χ0n) is 18.0. The molecule has 0 spiro atoms. The Hall–Kier alpha value is -4.33. The summed E-state index contributed by atoms with van der Waals surface area (Å²) in [5.74, 6) is -0.154. The predicted octanol–water partition coefficient (Wildman–Crippen LogP) is 1.87. The minimum absolute atomic E-state index is 0.0516. The number of imidazole rings is 1. The molecular formula is C25H21FN4O3. The fourth-order valence-electron chi connectivity index (χ4n) is 3.40. The summed E-state index contributed by atoms with van der Waals surface area (Å²) in [7, 11) is 0. The van der Waals surface area contributed by atoms with E-state index in [1.807, 2.05) is 18.4 Å². The maximum atomic E-state index is 13.1. The van der Waals surface area contributed by atoms with Gasteiger partial charge in [0.15, 0.2) is 5.78 Å². The highest BCUT2D eigenvalue weighted by Crippen LogP contribution is 2.13. The molecule has 0 unspecified atom stereocenters. The van der Waals surface area contributed by atoms with Gasteiger partial charge in [0.1, 0.15) is 22.3 Å². The molecule has 2 N–H and O–H groups in total. The summed E-state index contributed by atoms with van der Waals surface area (Å²) < 4.78 is 15.0. The molecule has 0 aliphatic carbocycles. The van der Waals surface area contributed by atoms with Crippen molar-refractivity contribution in [2.75, 3.05) is 0 Å². The maximum absolute atomic E-state index is 13.1.